The average molecular weight is 421 g/mol. The van der Waals surface area contributed by atoms with Crippen molar-refractivity contribution in [3.05, 3.63) is 33.8 Å². The van der Waals surface area contributed by atoms with Crippen molar-refractivity contribution >= 4 is 40.3 Å². The number of aryl methyl sites for hydroxylation is 1. The van der Waals surface area contributed by atoms with E-state index in [1.54, 1.807) is 0 Å². The Balaban J connectivity index is 1.28. The molecule has 1 saturated carbocycles. The van der Waals surface area contributed by atoms with Crippen molar-refractivity contribution in [1.82, 2.24) is 15.1 Å². The minimum Gasteiger partial charge on any atom is -0.348 e. The van der Waals surface area contributed by atoms with Gasteiger partial charge in [0.05, 0.1) is 0 Å². The number of nitrogens with one attached hydrogen (secondary N) is 4. The van der Waals surface area contributed by atoms with E-state index >= 15 is 0 Å². The van der Waals surface area contributed by atoms with Gasteiger partial charge in [-0.3, -0.25) is 4.79 Å². The van der Waals surface area contributed by atoms with E-state index in [4.69, 9.17) is 12.2 Å². The first-order valence-electron chi connectivity index (χ1n) is 9.94. The summed E-state index contributed by atoms with van der Waals surface area (Å²) in [6.45, 7) is 7.56. The van der Waals surface area contributed by atoms with Gasteiger partial charge in [0, 0.05) is 11.7 Å². The van der Waals surface area contributed by atoms with Crippen molar-refractivity contribution in [3.8, 4) is 0 Å². The molecule has 1 saturated heterocycles. The zero-order chi connectivity index (χ0) is 19.5. The molecule has 28 heavy (non-hydrogen) atoms. The van der Waals surface area contributed by atoms with Gasteiger partial charge in [-0.15, -0.1) is 5.10 Å². The number of nitrogens with zero attached hydrogens (tertiary/aromatic N) is 2. The fourth-order valence-electron chi connectivity index (χ4n) is 3.52. The second-order valence-corrected chi connectivity index (χ2v) is 9.41. The Bertz CT molecular complexity index is 883. The number of hydrogen-bond acceptors (Lipinski definition) is 5. The van der Waals surface area contributed by atoms with E-state index < -0.39 is 0 Å². The molecule has 2 fully saturated rings. The number of carbonyl (C=O) groups is 1. The molecule has 1 amide bonds. The zero-order valence-electron chi connectivity index (χ0n) is 16.2. The Labute approximate surface area is 174 Å². The van der Waals surface area contributed by atoms with E-state index in [1.165, 1.54) is 26.7 Å². The van der Waals surface area contributed by atoms with Gasteiger partial charge in [0.25, 0.3) is 5.91 Å². The lowest BCUT2D eigenvalue weighted by Crippen LogP contribution is -3.28. The van der Waals surface area contributed by atoms with E-state index in [2.05, 4.69) is 34.8 Å². The molecule has 0 unspecified atom stereocenters. The molecule has 4 rings (SSSR count). The number of aromatic nitrogens is 2. The fraction of sp³-hybridized carbons (Fsp3) is 0.526. The lowest BCUT2D eigenvalue weighted by atomic mass is 10.2. The summed E-state index contributed by atoms with van der Waals surface area (Å²) >= 11 is 7.04. The first-order chi connectivity index (χ1) is 13.6. The summed E-state index contributed by atoms with van der Waals surface area (Å²) in [7, 11) is 0. The number of piperazine rings is 1. The standard InChI is InChI=1S/C19H26N6OS2/c1-14-4-2-3-5-16(14)21-18-22-25(19(27)28-18)13-24-10-8-23(9-11-24)12-17(26)20-15-6-7-15/h2-5,15H,6-13H2,1H3,(H,20,26)(H,21,22)/p+2. The molecule has 150 valence electrons. The Hall–Kier alpha value is -1.81. The van der Waals surface area contributed by atoms with Gasteiger partial charge in [0.2, 0.25) is 5.13 Å². The molecular formula is C19H28N6OS2+2. The summed E-state index contributed by atoms with van der Waals surface area (Å²) in [5.74, 6) is 0.203. The number of carbonyl (C=O) groups excluding carboxylic acids is 1. The summed E-state index contributed by atoms with van der Waals surface area (Å²) in [5.41, 5.74) is 2.25. The zero-order valence-corrected chi connectivity index (χ0v) is 17.8. The number of quaternary nitrogens is 2. The fourth-order valence-corrected chi connectivity index (χ4v) is 4.54. The Kier molecular flexibility index (Phi) is 6.05. The van der Waals surface area contributed by atoms with Crippen LogP contribution < -0.4 is 20.4 Å². The third-order valence-electron chi connectivity index (χ3n) is 5.38. The predicted molar refractivity (Wildman–Crippen MR) is 113 cm³/mol. The number of hydrogen-bond donors (Lipinski definition) is 4. The van der Waals surface area contributed by atoms with E-state index in [0.29, 0.717) is 12.6 Å². The SMILES string of the molecule is Cc1ccccc1Nc1nn(C[NH+]2CC[NH+](CC(=O)NC3CC3)CC2)c(=S)s1. The molecular weight excluding hydrogens is 392 g/mol. The lowest BCUT2D eigenvalue weighted by Gasteiger charge is -2.29. The van der Waals surface area contributed by atoms with Crippen molar-refractivity contribution in [2.45, 2.75) is 32.5 Å². The Morgan fingerprint density at radius 2 is 1.96 bits per heavy atom. The maximum Gasteiger partial charge on any atom is 0.275 e. The van der Waals surface area contributed by atoms with Crippen LogP contribution in [0.4, 0.5) is 10.8 Å². The van der Waals surface area contributed by atoms with Crippen LogP contribution in [0.2, 0.25) is 0 Å². The minimum atomic E-state index is 0.203. The molecule has 1 aromatic heterocycles. The number of para-hydroxylation sites is 1. The smallest absolute Gasteiger partial charge is 0.275 e. The van der Waals surface area contributed by atoms with Crippen LogP contribution in [-0.4, -0.2) is 54.5 Å². The molecule has 2 aromatic rings. The largest absolute Gasteiger partial charge is 0.348 e. The number of benzene rings is 1. The predicted octanol–water partition coefficient (Wildman–Crippen LogP) is -0.254. The highest BCUT2D eigenvalue weighted by Gasteiger charge is 2.28. The van der Waals surface area contributed by atoms with Crippen LogP contribution in [0.5, 0.6) is 0 Å². The van der Waals surface area contributed by atoms with Crippen LogP contribution in [0.3, 0.4) is 0 Å². The van der Waals surface area contributed by atoms with Gasteiger partial charge < -0.3 is 20.4 Å². The molecule has 7 nitrogen and oxygen atoms in total. The highest BCUT2D eigenvalue weighted by molar-refractivity contribution is 7.73. The normalized spacial score (nSPS) is 22.0. The summed E-state index contributed by atoms with van der Waals surface area (Å²) in [6.07, 6.45) is 2.29. The number of rotatable bonds is 7. The first kappa shape index (κ1) is 19.5. The maximum atomic E-state index is 12.0. The third kappa shape index (κ3) is 5.16. The van der Waals surface area contributed by atoms with Crippen molar-refractivity contribution in [2.75, 3.05) is 38.0 Å². The first-order valence-corrected chi connectivity index (χ1v) is 11.2. The summed E-state index contributed by atoms with van der Waals surface area (Å²) < 4.78 is 2.72. The van der Waals surface area contributed by atoms with Crippen molar-refractivity contribution in [2.24, 2.45) is 0 Å². The molecule has 0 spiro atoms. The topological polar surface area (TPSA) is 67.8 Å². The molecule has 0 atom stereocenters. The maximum absolute atomic E-state index is 12.0. The molecule has 0 radical (unpaired) electrons. The Morgan fingerprint density at radius 3 is 2.68 bits per heavy atom. The lowest BCUT2D eigenvalue weighted by molar-refractivity contribution is -1.02. The summed E-state index contributed by atoms with van der Waals surface area (Å²) in [4.78, 5) is 14.8. The monoisotopic (exact) mass is 420 g/mol. The van der Waals surface area contributed by atoms with Crippen LogP contribution in [0.25, 0.3) is 0 Å². The Morgan fingerprint density at radius 1 is 1.25 bits per heavy atom. The van der Waals surface area contributed by atoms with E-state index in [-0.39, 0.29) is 5.91 Å². The van der Waals surface area contributed by atoms with Gasteiger partial charge >= 0.3 is 0 Å². The molecule has 0 bridgehead atoms. The van der Waals surface area contributed by atoms with Crippen molar-refractivity contribution in [1.29, 1.82) is 0 Å². The van der Waals surface area contributed by atoms with Crippen LogP contribution >= 0.6 is 23.6 Å². The molecule has 2 aliphatic rings. The second kappa shape index (κ2) is 8.69. The van der Waals surface area contributed by atoms with Gasteiger partial charge in [-0.05, 0) is 43.6 Å². The van der Waals surface area contributed by atoms with Gasteiger partial charge in [0.15, 0.2) is 17.2 Å². The number of amides is 1. The van der Waals surface area contributed by atoms with Gasteiger partial charge in [0.1, 0.15) is 26.2 Å². The number of anilines is 2. The molecule has 4 N–H and O–H groups in total. The summed E-state index contributed by atoms with van der Waals surface area (Å²) in [5, 5.41) is 12.0. The van der Waals surface area contributed by atoms with Crippen LogP contribution in [0.1, 0.15) is 18.4 Å². The van der Waals surface area contributed by atoms with E-state index in [1.807, 2.05) is 16.8 Å². The highest BCUT2D eigenvalue weighted by atomic mass is 32.1. The van der Waals surface area contributed by atoms with Crippen LogP contribution in [-0.2, 0) is 11.5 Å². The van der Waals surface area contributed by atoms with Gasteiger partial charge in [-0.2, -0.15) is 4.68 Å². The quantitative estimate of drug-likeness (QED) is 0.466. The van der Waals surface area contributed by atoms with E-state index in [0.717, 1.165) is 60.5 Å². The molecule has 1 aliphatic carbocycles. The highest BCUT2D eigenvalue weighted by Crippen LogP contribution is 2.22. The van der Waals surface area contributed by atoms with Crippen LogP contribution in [0, 0.1) is 10.9 Å². The average Bonchev–Trinajstić information content (AvgIpc) is 3.41. The van der Waals surface area contributed by atoms with Crippen molar-refractivity contribution in [3.63, 3.8) is 0 Å². The minimum absolute atomic E-state index is 0.203. The molecule has 9 heteroatoms. The van der Waals surface area contributed by atoms with E-state index in [9.17, 15) is 4.79 Å². The summed E-state index contributed by atoms with van der Waals surface area (Å²) in [6, 6.07) is 8.63. The molecule has 1 aromatic carbocycles. The van der Waals surface area contributed by atoms with Crippen LogP contribution in [0.15, 0.2) is 24.3 Å². The molecule has 1 aliphatic heterocycles. The van der Waals surface area contributed by atoms with Crippen molar-refractivity contribution < 1.29 is 14.6 Å². The van der Waals surface area contributed by atoms with Gasteiger partial charge in [-0.1, -0.05) is 29.5 Å². The van der Waals surface area contributed by atoms with Gasteiger partial charge in [-0.25, -0.2) is 0 Å². The third-order valence-corrected chi connectivity index (χ3v) is 6.61. The second-order valence-electron chi connectivity index (χ2n) is 7.79. The molecule has 2 heterocycles.